The third-order valence-electron chi connectivity index (χ3n) is 19.4. The lowest BCUT2D eigenvalue weighted by atomic mass is 9.86. The van der Waals surface area contributed by atoms with E-state index in [1.807, 2.05) is 96.9 Å². The van der Waals surface area contributed by atoms with E-state index >= 15 is 0 Å². The molecular formula is C98H213N21O24. The van der Waals surface area contributed by atoms with Crippen LogP contribution in [-0.4, -0.2) is 406 Å². The van der Waals surface area contributed by atoms with Gasteiger partial charge in [0.2, 0.25) is 0 Å². The summed E-state index contributed by atoms with van der Waals surface area (Å²) in [5.74, 6) is 3.91. The van der Waals surface area contributed by atoms with E-state index < -0.39 is 21.9 Å². The summed E-state index contributed by atoms with van der Waals surface area (Å²) in [6.45, 7) is 54.5. The maximum absolute atomic E-state index is 6.58. The summed E-state index contributed by atoms with van der Waals surface area (Å²) >= 11 is 0. The van der Waals surface area contributed by atoms with Crippen LogP contribution in [0.25, 0.3) is 0 Å². The molecule has 0 saturated heterocycles. The van der Waals surface area contributed by atoms with Gasteiger partial charge in [-0.05, 0) is 116 Å². The summed E-state index contributed by atoms with van der Waals surface area (Å²) < 4.78 is 137. The molecule has 0 aliphatic rings. The summed E-state index contributed by atoms with van der Waals surface area (Å²) in [5, 5.41) is 0. The summed E-state index contributed by atoms with van der Waals surface area (Å²) in [7, 11) is 0. The third kappa shape index (κ3) is 89.1. The van der Waals surface area contributed by atoms with Crippen molar-refractivity contribution in [2.24, 2.45) is 137 Å². The molecule has 0 fully saturated rings. The van der Waals surface area contributed by atoms with E-state index in [0.717, 1.165) is 19.3 Å². The molecule has 42 N–H and O–H groups in total. The Balaban J connectivity index is -0.000000865. The van der Waals surface area contributed by atoms with Gasteiger partial charge in [0.25, 0.3) is 0 Å². The van der Waals surface area contributed by atoms with Crippen LogP contribution in [0.1, 0.15) is 137 Å². The molecule has 0 spiro atoms. The molecule has 2 rings (SSSR count). The maximum Gasteiger partial charge on any atom is 0.126 e. The second kappa shape index (κ2) is 93.7. The van der Waals surface area contributed by atoms with Gasteiger partial charge in [-0.3, -0.25) is 0 Å². The number of rotatable bonds is 89. The Morgan fingerprint density at radius 1 is 0.189 bits per heavy atom. The Hall–Kier alpha value is -4.32. The van der Waals surface area contributed by atoms with Gasteiger partial charge in [0.15, 0.2) is 0 Å². The van der Waals surface area contributed by atoms with Crippen molar-refractivity contribution in [2.75, 3.05) is 310 Å². The third-order valence-corrected chi connectivity index (χ3v) is 19.4. The molecular weight excluding hydrogens is 1860 g/mol. The van der Waals surface area contributed by atoms with Crippen molar-refractivity contribution in [3.05, 3.63) is 36.4 Å². The molecule has 2 aromatic rings. The average molecular weight is 2070 g/mol. The Bertz CT molecular complexity index is 2750. The molecule has 0 radical (unpaired) electrons. The van der Waals surface area contributed by atoms with Crippen molar-refractivity contribution < 1.29 is 114 Å². The molecule has 0 saturated carbocycles. The molecule has 14 atom stereocenters. The van der Waals surface area contributed by atoms with E-state index in [0.29, 0.717) is 344 Å². The molecule has 854 valence electrons. The lowest BCUT2D eigenvalue weighted by molar-refractivity contribution is -0.130. The summed E-state index contributed by atoms with van der Waals surface area (Å²) in [4.78, 5) is 0. The highest BCUT2D eigenvalue weighted by Gasteiger charge is 2.37. The zero-order valence-electron chi connectivity index (χ0n) is 91.3. The minimum absolute atomic E-state index is 0.0331. The van der Waals surface area contributed by atoms with Crippen LogP contribution in [0.2, 0.25) is 0 Å². The van der Waals surface area contributed by atoms with Crippen molar-refractivity contribution in [1.82, 2.24) is 0 Å². The smallest absolute Gasteiger partial charge is 0.126 e. The van der Waals surface area contributed by atoms with Crippen LogP contribution in [0.3, 0.4) is 0 Å². The summed E-state index contributed by atoms with van der Waals surface area (Å²) in [5.41, 5.74) is 116. The fourth-order valence-electron chi connectivity index (χ4n) is 11.6. The number of ether oxygens (including phenoxy) is 24. The van der Waals surface area contributed by atoms with Gasteiger partial charge in [0.1, 0.15) is 74.1 Å². The standard InChI is InChI=1S/C36H78N4O9.C15H27N3O3.C13H32N4O3.C12H21N3O3.C12H29N3O3.C10H26N4O3/c1-11-35(21-41-17-31(7)46-13-27(3)37,22-42-18-32(8)47-14-28(4)38)25-45-26-36(12-2,23-43-19-33(9)48-15-29(5)39)24-44-20-34(10)49-16-30(6)40;1-10(16)7-19-13-4-14(20-8-11(2)17)6-15(5-13)21-9-12(3)18;1-10(14)4-18-7-13(17,8-19-5-11(2)15)9-20-6-12(3)16;13-1-4-16-10-7-11(17-5-2-14)9-12(8-10)18-6-3-15;1-2-12(9-16-6-3-13,10-17-7-4-14)11-18-8-5-15;11-1-4-15-7-10(14,8-16-5-2-12)9-17-6-3-13/h27-34H,11-26,37-40H2,1-10H3;4-6,10-12H,7-9,16-18H2,1-3H3;10-12H,4-9,14-17H2,1-3H3;7-9H,1-6,13-15H2;2-11,13-15H2,1H3;1-9,11-14H2. The molecule has 45 heteroatoms. The average Bonchev–Trinajstić information content (AvgIpc) is 0.492. The highest BCUT2D eigenvalue weighted by atomic mass is 16.6. The first-order valence-corrected chi connectivity index (χ1v) is 51.0. The predicted molar refractivity (Wildman–Crippen MR) is 569 cm³/mol. The molecule has 0 amide bonds. The number of nitrogens with two attached hydrogens (primary N) is 21. The molecule has 143 heavy (non-hydrogen) atoms. The fourth-order valence-corrected chi connectivity index (χ4v) is 11.6. The van der Waals surface area contributed by atoms with Gasteiger partial charge in [-0.1, -0.05) is 20.8 Å². The van der Waals surface area contributed by atoms with E-state index in [4.69, 9.17) is 234 Å². The molecule has 0 aliphatic heterocycles. The normalized spacial score (nSPS) is 15.9. The van der Waals surface area contributed by atoms with Crippen molar-refractivity contribution in [3.63, 3.8) is 0 Å². The highest BCUT2D eigenvalue weighted by Crippen LogP contribution is 2.32. The lowest BCUT2D eigenvalue weighted by Crippen LogP contribution is -2.54. The quantitative estimate of drug-likeness (QED) is 0.0358. The number of benzene rings is 2. The highest BCUT2D eigenvalue weighted by molar-refractivity contribution is 5.43. The van der Waals surface area contributed by atoms with Gasteiger partial charge >= 0.3 is 0 Å². The van der Waals surface area contributed by atoms with E-state index in [2.05, 4.69) is 20.8 Å². The molecule has 14 unspecified atom stereocenters. The van der Waals surface area contributed by atoms with E-state index in [1.165, 1.54) is 0 Å². The first-order valence-electron chi connectivity index (χ1n) is 51.0. The first-order chi connectivity index (χ1) is 67.9. The fraction of sp³-hybridized carbons (Fsp3) is 0.878. The molecule has 0 aromatic heterocycles. The van der Waals surface area contributed by atoms with Gasteiger partial charge < -0.3 is 234 Å². The molecule has 2 aromatic carbocycles. The minimum Gasteiger partial charge on any atom is -0.492 e. The van der Waals surface area contributed by atoms with Crippen LogP contribution in [0.5, 0.6) is 34.5 Å². The monoisotopic (exact) mass is 2070 g/mol. The zero-order valence-corrected chi connectivity index (χ0v) is 91.3. The maximum atomic E-state index is 6.58. The van der Waals surface area contributed by atoms with Crippen LogP contribution >= 0.6 is 0 Å². The SMILES string of the molecule is CC(N)COCC(N)(COCC(C)N)COCC(C)N.CC(N)COc1cc(OCC(C)N)cc(OCC(C)N)c1.CCC(COCC(C)OCC(C)N)(COCC(C)OCC(C)N)COCC(CC)(COCC(C)OCC(C)N)COCC(C)OCC(C)N.CCC(COCCN)(COCCN)COCCN.NCCOCC(N)(COCCN)COCCN.NCCOc1cc(OCCN)cc(OCCN)c1. The van der Waals surface area contributed by atoms with Crippen molar-refractivity contribution in [3.8, 4) is 34.5 Å². The van der Waals surface area contributed by atoms with Crippen molar-refractivity contribution in [1.29, 1.82) is 0 Å². The van der Waals surface area contributed by atoms with Gasteiger partial charge in [-0.2, -0.15) is 0 Å². The van der Waals surface area contributed by atoms with E-state index in [-0.39, 0.29) is 90.2 Å². The Morgan fingerprint density at radius 3 is 0.517 bits per heavy atom. The van der Waals surface area contributed by atoms with Crippen molar-refractivity contribution in [2.45, 2.75) is 233 Å². The summed E-state index contributed by atoms with van der Waals surface area (Å²) in [6.07, 6.45) is 2.13. The second-order valence-corrected chi connectivity index (χ2v) is 37.9. The molecule has 0 heterocycles. The van der Waals surface area contributed by atoms with Crippen LogP contribution in [0.4, 0.5) is 0 Å². The van der Waals surface area contributed by atoms with Crippen molar-refractivity contribution >= 4 is 0 Å². The Labute approximate surface area is 860 Å². The van der Waals surface area contributed by atoms with Gasteiger partial charge in [-0.25, -0.2) is 0 Å². The molecule has 45 nitrogen and oxygen atoms in total. The van der Waals surface area contributed by atoms with Gasteiger partial charge in [0, 0.05) is 172 Å². The predicted octanol–water partition coefficient (Wildman–Crippen LogP) is -0.871. The minimum atomic E-state index is -0.724. The van der Waals surface area contributed by atoms with Gasteiger partial charge in [0.05, 0.1) is 247 Å². The Kier molecular flexibility index (Phi) is 95.0. The molecule has 0 aliphatic carbocycles. The lowest BCUT2D eigenvalue weighted by Gasteiger charge is -2.37. The van der Waals surface area contributed by atoms with Crippen LogP contribution in [0.15, 0.2) is 36.4 Å². The van der Waals surface area contributed by atoms with E-state index in [9.17, 15) is 0 Å². The summed E-state index contributed by atoms with van der Waals surface area (Å²) in [6, 6.07) is 10.3. The van der Waals surface area contributed by atoms with Crippen LogP contribution in [-0.2, 0) is 85.3 Å². The first kappa shape index (κ1) is 145. The topological polar surface area (TPSA) is 768 Å². The van der Waals surface area contributed by atoms with Crippen LogP contribution in [0, 0.1) is 16.2 Å². The second-order valence-electron chi connectivity index (χ2n) is 37.9. The largest absolute Gasteiger partial charge is 0.492 e. The van der Waals surface area contributed by atoms with E-state index in [1.54, 1.807) is 36.4 Å². The van der Waals surface area contributed by atoms with Crippen LogP contribution < -0.4 is 149 Å². The van der Waals surface area contributed by atoms with Gasteiger partial charge in [-0.15, -0.1) is 0 Å². The zero-order chi connectivity index (χ0) is 109. The number of hydrogen-bond donors (Lipinski definition) is 21. The number of hydrogen-bond acceptors (Lipinski definition) is 45. The Morgan fingerprint density at radius 2 is 0.343 bits per heavy atom. The molecule has 0 bridgehead atoms.